The van der Waals surface area contributed by atoms with E-state index in [1.165, 1.54) is 11.8 Å². The molecule has 4 rings (SSSR count). The predicted octanol–water partition coefficient (Wildman–Crippen LogP) is 6.20. The zero-order valence-electron chi connectivity index (χ0n) is 19.2. The molecule has 1 N–H and O–H groups in total. The quantitative estimate of drug-likeness (QED) is 0.289. The lowest BCUT2D eigenvalue weighted by Crippen LogP contribution is -2.33. The molecule has 0 spiro atoms. The number of hydrogen-bond acceptors (Lipinski definition) is 6. The molecule has 0 unspecified atom stereocenters. The highest BCUT2D eigenvalue weighted by atomic mass is 35.5. The minimum atomic E-state index is -0.591. The number of nitrogens with one attached hydrogen (secondary N) is 1. The van der Waals surface area contributed by atoms with Crippen LogP contribution < -0.4 is 10.2 Å². The van der Waals surface area contributed by atoms with Crippen molar-refractivity contribution in [1.29, 1.82) is 0 Å². The summed E-state index contributed by atoms with van der Waals surface area (Å²) >= 11 is 7.31. The van der Waals surface area contributed by atoms with Crippen LogP contribution in [0.3, 0.4) is 0 Å². The molecule has 0 radical (unpaired) electrons. The molecule has 1 aliphatic rings. The molecular weight excluding hydrogens is 484 g/mol. The maximum atomic E-state index is 13.7. The third-order valence-corrected chi connectivity index (χ3v) is 6.50. The average molecular weight is 507 g/mol. The number of esters is 1. The Morgan fingerprint density at radius 1 is 1.00 bits per heavy atom. The number of hydrogen-bond donors (Lipinski definition) is 1. The Bertz CT molecular complexity index is 1320. The fraction of sp³-hybridized carbons (Fsp3) is 0.148. The Kier molecular flexibility index (Phi) is 7.58. The highest BCUT2D eigenvalue weighted by molar-refractivity contribution is 8.04. The molecule has 0 fully saturated rings. The van der Waals surface area contributed by atoms with Crippen LogP contribution in [0.15, 0.2) is 88.3 Å². The van der Waals surface area contributed by atoms with Crippen molar-refractivity contribution < 1.29 is 19.1 Å². The lowest BCUT2D eigenvalue weighted by Gasteiger charge is -2.18. The molecule has 2 amide bonds. The van der Waals surface area contributed by atoms with Gasteiger partial charge in [0.2, 0.25) is 0 Å². The Labute approximate surface area is 212 Å². The number of nitrogens with zero attached hydrogens (tertiary/aromatic N) is 1. The number of amides is 2. The molecule has 0 bridgehead atoms. The Morgan fingerprint density at radius 3 is 2.46 bits per heavy atom. The van der Waals surface area contributed by atoms with Crippen molar-refractivity contribution in [3.8, 4) is 0 Å². The first kappa shape index (κ1) is 24.6. The van der Waals surface area contributed by atoms with E-state index in [0.717, 1.165) is 15.4 Å². The first-order valence-electron chi connectivity index (χ1n) is 11.1. The number of aryl methyl sites for hydroxylation is 1. The molecule has 6 nitrogen and oxygen atoms in total. The van der Waals surface area contributed by atoms with E-state index < -0.39 is 17.8 Å². The van der Waals surface area contributed by atoms with Gasteiger partial charge in [0.05, 0.1) is 17.9 Å². The van der Waals surface area contributed by atoms with Crippen molar-refractivity contribution in [3.63, 3.8) is 0 Å². The smallest absolute Gasteiger partial charge is 0.340 e. The predicted molar refractivity (Wildman–Crippen MR) is 139 cm³/mol. The van der Waals surface area contributed by atoms with E-state index >= 15 is 0 Å². The third kappa shape index (κ3) is 5.42. The summed E-state index contributed by atoms with van der Waals surface area (Å²) < 4.78 is 5.28. The molecule has 35 heavy (non-hydrogen) atoms. The molecule has 3 aromatic carbocycles. The Hall–Kier alpha value is -3.55. The van der Waals surface area contributed by atoms with Crippen LogP contribution in [-0.2, 0) is 14.3 Å². The first-order chi connectivity index (χ1) is 16.9. The molecule has 0 aliphatic carbocycles. The van der Waals surface area contributed by atoms with Crippen LogP contribution in [0.25, 0.3) is 0 Å². The molecular formula is C27H23ClN2O4S. The van der Waals surface area contributed by atoms with Gasteiger partial charge in [0.15, 0.2) is 0 Å². The summed E-state index contributed by atoms with van der Waals surface area (Å²) in [5.41, 5.74) is 2.07. The number of thioether (sulfide) groups is 1. The van der Waals surface area contributed by atoms with Gasteiger partial charge in [-0.25, -0.2) is 9.69 Å². The number of carbonyl (C=O) groups is 3. The fourth-order valence-electron chi connectivity index (χ4n) is 3.48. The summed E-state index contributed by atoms with van der Waals surface area (Å²) in [6.45, 7) is 4.10. The number of anilines is 2. The second kappa shape index (κ2) is 10.8. The number of imide groups is 1. The molecule has 0 saturated carbocycles. The van der Waals surface area contributed by atoms with E-state index in [1.807, 2.05) is 38.1 Å². The van der Waals surface area contributed by atoms with E-state index in [0.29, 0.717) is 17.1 Å². The molecule has 0 saturated heterocycles. The van der Waals surface area contributed by atoms with Crippen molar-refractivity contribution in [2.45, 2.75) is 25.2 Å². The van der Waals surface area contributed by atoms with Gasteiger partial charge in [0.25, 0.3) is 11.8 Å². The molecule has 1 aliphatic heterocycles. The van der Waals surface area contributed by atoms with Crippen LogP contribution in [-0.4, -0.2) is 24.4 Å². The Balaban J connectivity index is 1.75. The van der Waals surface area contributed by atoms with E-state index in [1.54, 1.807) is 48.5 Å². The minimum Gasteiger partial charge on any atom is -0.462 e. The molecule has 178 valence electrons. The van der Waals surface area contributed by atoms with Crippen molar-refractivity contribution in [2.75, 3.05) is 16.8 Å². The van der Waals surface area contributed by atoms with Gasteiger partial charge in [-0.3, -0.25) is 9.59 Å². The fourth-order valence-corrected chi connectivity index (χ4v) is 4.60. The molecule has 3 aromatic rings. The summed E-state index contributed by atoms with van der Waals surface area (Å²) in [6, 6.07) is 21.0. The van der Waals surface area contributed by atoms with Crippen molar-refractivity contribution >= 4 is 52.5 Å². The van der Waals surface area contributed by atoms with Crippen LogP contribution >= 0.6 is 23.4 Å². The molecule has 1 heterocycles. The Morgan fingerprint density at radius 2 is 1.74 bits per heavy atom. The maximum Gasteiger partial charge on any atom is 0.340 e. The lowest BCUT2D eigenvalue weighted by molar-refractivity contribution is -0.120. The van der Waals surface area contributed by atoms with Crippen LogP contribution in [0.4, 0.5) is 11.4 Å². The molecule has 0 aromatic heterocycles. The van der Waals surface area contributed by atoms with Crippen LogP contribution in [0.5, 0.6) is 0 Å². The van der Waals surface area contributed by atoms with Crippen LogP contribution in [0.1, 0.15) is 29.3 Å². The van der Waals surface area contributed by atoms with Gasteiger partial charge in [-0.1, -0.05) is 66.2 Å². The van der Waals surface area contributed by atoms with E-state index in [-0.39, 0.29) is 28.5 Å². The summed E-state index contributed by atoms with van der Waals surface area (Å²) in [5, 5.41) is 3.56. The van der Waals surface area contributed by atoms with Crippen LogP contribution in [0, 0.1) is 6.92 Å². The second-order valence-electron chi connectivity index (χ2n) is 7.85. The number of halogens is 1. The highest BCUT2D eigenvalue weighted by Gasteiger charge is 2.41. The van der Waals surface area contributed by atoms with Gasteiger partial charge in [-0.15, -0.1) is 0 Å². The number of para-hydroxylation sites is 1. The van der Waals surface area contributed by atoms with E-state index in [2.05, 4.69) is 5.32 Å². The number of ether oxygens (including phenoxy) is 1. The van der Waals surface area contributed by atoms with E-state index in [9.17, 15) is 14.4 Å². The normalized spacial score (nSPS) is 13.4. The van der Waals surface area contributed by atoms with Gasteiger partial charge >= 0.3 is 5.97 Å². The zero-order chi connectivity index (χ0) is 24.9. The SMILES string of the molecule is CCCOC(=O)c1ccccc1N1C(=O)C(Nc2cccc(Cl)c2)=C(Sc2ccc(C)cc2)C1=O. The van der Waals surface area contributed by atoms with Crippen molar-refractivity contribution in [3.05, 3.63) is 99.5 Å². The average Bonchev–Trinajstić information content (AvgIpc) is 3.07. The first-order valence-corrected chi connectivity index (χ1v) is 12.2. The number of rotatable bonds is 8. The summed E-state index contributed by atoms with van der Waals surface area (Å²) in [5.74, 6) is -1.69. The third-order valence-electron chi connectivity index (χ3n) is 5.18. The second-order valence-corrected chi connectivity index (χ2v) is 9.37. The van der Waals surface area contributed by atoms with Crippen molar-refractivity contribution in [1.82, 2.24) is 0 Å². The monoisotopic (exact) mass is 506 g/mol. The van der Waals surface area contributed by atoms with Gasteiger partial charge in [0, 0.05) is 15.6 Å². The highest BCUT2D eigenvalue weighted by Crippen LogP contribution is 2.39. The molecule has 0 atom stereocenters. The number of benzene rings is 3. The topological polar surface area (TPSA) is 75.7 Å². The lowest BCUT2D eigenvalue weighted by atomic mass is 10.1. The minimum absolute atomic E-state index is 0.111. The van der Waals surface area contributed by atoms with E-state index in [4.69, 9.17) is 16.3 Å². The summed E-state index contributed by atoms with van der Waals surface area (Å²) in [7, 11) is 0. The van der Waals surface area contributed by atoms with Crippen LogP contribution in [0.2, 0.25) is 5.02 Å². The molecule has 8 heteroatoms. The standard InChI is InChI=1S/C27H23ClN2O4S/c1-3-15-34-27(33)21-9-4-5-10-22(21)30-25(31)23(29-19-8-6-7-18(28)16-19)24(26(30)32)35-20-13-11-17(2)12-14-20/h4-14,16,29H,3,15H2,1-2H3. The summed E-state index contributed by atoms with van der Waals surface area (Å²) in [6.07, 6.45) is 0.655. The van der Waals surface area contributed by atoms with Gasteiger partial charge in [-0.2, -0.15) is 0 Å². The van der Waals surface area contributed by atoms with Gasteiger partial charge in [0.1, 0.15) is 10.6 Å². The maximum absolute atomic E-state index is 13.7. The number of carbonyl (C=O) groups excluding carboxylic acids is 3. The van der Waals surface area contributed by atoms with Crippen molar-refractivity contribution in [2.24, 2.45) is 0 Å². The summed E-state index contributed by atoms with van der Waals surface area (Å²) in [4.78, 5) is 42.0. The van der Waals surface area contributed by atoms with Gasteiger partial charge in [-0.05, 0) is 55.8 Å². The largest absolute Gasteiger partial charge is 0.462 e. The zero-order valence-corrected chi connectivity index (χ0v) is 20.8. The van der Waals surface area contributed by atoms with Gasteiger partial charge < -0.3 is 10.1 Å².